The van der Waals surface area contributed by atoms with Crippen molar-refractivity contribution in [2.75, 3.05) is 19.0 Å². The molecule has 2 N–H and O–H groups in total. The zero-order chi connectivity index (χ0) is 21.9. The van der Waals surface area contributed by atoms with Crippen molar-refractivity contribution in [1.82, 2.24) is 10.3 Å². The van der Waals surface area contributed by atoms with Crippen LogP contribution in [0.2, 0.25) is 0 Å². The summed E-state index contributed by atoms with van der Waals surface area (Å²) < 4.78 is 9.76. The van der Waals surface area contributed by atoms with Gasteiger partial charge in [0.1, 0.15) is 17.0 Å². The van der Waals surface area contributed by atoms with Gasteiger partial charge in [0.05, 0.1) is 24.3 Å². The van der Waals surface area contributed by atoms with Gasteiger partial charge in [0, 0.05) is 24.7 Å². The number of aromatic nitrogens is 1. The summed E-state index contributed by atoms with van der Waals surface area (Å²) in [6, 6.07) is 10.9. The van der Waals surface area contributed by atoms with Crippen molar-refractivity contribution in [3.8, 4) is 0 Å². The Morgan fingerprint density at radius 1 is 1.13 bits per heavy atom. The second-order valence-corrected chi connectivity index (χ2v) is 5.61. The van der Waals surface area contributed by atoms with Crippen LogP contribution in [0.25, 0.3) is 5.57 Å². The smallest absolute Gasteiger partial charge is 0.355 e. The third-order valence-corrected chi connectivity index (χ3v) is 3.69. The highest BCUT2D eigenvalue weighted by Crippen LogP contribution is 2.23. The van der Waals surface area contributed by atoms with E-state index in [1.807, 2.05) is 0 Å². The van der Waals surface area contributed by atoms with E-state index in [9.17, 15) is 19.7 Å². The molecule has 0 saturated carbocycles. The number of nitro benzene ring substituents is 1. The van der Waals surface area contributed by atoms with Crippen LogP contribution < -0.4 is 10.6 Å². The number of nitrogens with zero attached hydrogens (tertiary/aromatic N) is 2. The van der Waals surface area contributed by atoms with E-state index in [1.165, 1.54) is 43.9 Å². The first-order valence-corrected chi connectivity index (χ1v) is 8.81. The fraction of sp³-hybridized carbons (Fsp3) is 0.150. The molecule has 10 nitrogen and oxygen atoms in total. The highest BCUT2D eigenvalue weighted by molar-refractivity contribution is 6.15. The van der Waals surface area contributed by atoms with Crippen molar-refractivity contribution in [3.63, 3.8) is 0 Å². The Morgan fingerprint density at radius 3 is 2.50 bits per heavy atom. The van der Waals surface area contributed by atoms with Crippen LogP contribution >= 0.6 is 0 Å². The molecule has 0 atom stereocenters. The molecule has 0 spiro atoms. The van der Waals surface area contributed by atoms with Crippen molar-refractivity contribution >= 4 is 28.9 Å². The predicted octanol–water partition coefficient (Wildman–Crippen LogP) is 2.61. The van der Waals surface area contributed by atoms with Crippen molar-refractivity contribution in [2.24, 2.45) is 0 Å². The third kappa shape index (κ3) is 5.89. The molecule has 30 heavy (non-hydrogen) atoms. The van der Waals surface area contributed by atoms with Gasteiger partial charge in [0.2, 0.25) is 0 Å². The summed E-state index contributed by atoms with van der Waals surface area (Å²) in [7, 11) is 1.18. The van der Waals surface area contributed by atoms with Gasteiger partial charge in [-0.15, -0.1) is 0 Å². The summed E-state index contributed by atoms with van der Waals surface area (Å²) >= 11 is 0. The number of nitrogens with one attached hydrogen (secondary N) is 2. The number of esters is 2. The zero-order valence-electron chi connectivity index (χ0n) is 16.3. The second kappa shape index (κ2) is 11.0. The lowest BCUT2D eigenvalue weighted by Gasteiger charge is -2.10. The normalized spacial score (nSPS) is 11.4. The average Bonchev–Trinajstić information content (AvgIpc) is 2.76. The SMILES string of the molecule is CCOC(=O)/C(=C/N/C(=C/Nc1ccccc1[N+](=O)[O-])C(=O)OC)c1ccccn1. The van der Waals surface area contributed by atoms with Gasteiger partial charge in [-0.3, -0.25) is 15.1 Å². The number of ether oxygens (including phenoxy) is 2. The van der Waals surface area contributed by atoms with Gasteiger partial charge in [-0.1, -0.05) is 18.2 Å². The molecule has 0 aliphatic heterocycles. The first-order valence-electron chi connectivity index (χ1n) is 8.81. The Morgan fingerprint density at radius 2 is 1.87 bits per heavy atom. The van der Waals surface area contributed by atoms with Crippen molar-refractivity contribution in [3.05, 3.63) is 82.6 Å². The molecule has 1 aromatic carbocycles. The number of benzene rings is 1. The van der Waals surface area contributed by atoms with Gasteiger partial charge >= 0.3 is 11.9 Å². The topological polar surface area (TPSA) is 133 Å². The molecule has 2 aromatic rings. The van der Waals surface area contributed by atoms with E-state index in [1.54, 1.807) is 31.2 Å². The predicted molar refractivity (Wildman–Crippen MR) is 109 cm³/mol. The number of carbonyl (C=O) groups is 2. The maximum atomic E-state index is 12.3. The molecule has 0 bridgehead atoms. The molecule has 0 unspecified atom stereocenters. The van der Waals surface area contributed by atoms with Gasteiger partial charge in [0.15, 0.2) is 0 Å². The number of pyridine rings is 1. The quantitative estimate of drug-likeness (QED) is 0.276. The van der Waals surface area contributed by atoms with Crippen LogP contribution in [0.3, 0.4) is 0 Å². The largest absolute Gasteiger partial charge is 0.464 e. The molecule has 10 heteroatoms. The van der Waals surface area contributed by atoms with Crippen LogP contribution in [0.4, 0.5) is 11.4 Å². The fourth-order valence-corrected chi connectivity index (χ4v) is 2.29. The summed E-state index contributed by atoms with van der Waals surface area (Å²) in [5, 5.41) is 16.5. The van der Waals surface area contributed by atoms with Crippen LogP contribution in [0.1, 0.15) is 12.6 Å². The summed E-state index contributed by atoms with van der Waals surface area (Å²) in [5.74, 6) is -1.40. The summed E-state index contributed by atoms with van der Waals surface area (Å²) in [6.45, 7) is 1.82. The highest BCUT2D eigenvalue weighted by Gasteiger charge is 2.17. The van der Waals surface area contributed by atoms with Gasteiger partial charge < -0.3 is 20.1 Å². The van der Waals surface area contributed by atoms with Crippen LogP contribution in [0.15, 0.2) is 66.8 Å². The second-order valence-electron chi connectivity index (χ2n) is 5.61. The molecule has 0 saturated heterocycles. The van der Waals surface area contributed by atoms with Crippen molar-refractivity contribution < 1.29 is 24.0 Å². The molecule has 0 amide bonds. The maximum Gasteiger partial charge on any atom is 0.355 e. The molecule has 1 heterocycles. The van der Waals surface area contributed by atoms with E-state index in [-0.39, 0.29) is 29.3 Å². The number of hydrogen-bond donors (Lipinski definition) is 2. The Balaban J connectivity index is 2.34. The lowest BCUT2D eigenvalue weighted by Crippen LogP contribution is -2.20. The standard InChI is InChI=1S/C20H20N4O6/c1-3-30-19(25)14(15-8-6-7-11-21-15)12-22-17(20(26)29-2)13-23-16-9-4-5-10-18(16)24(27)28/h4-13,22-23H,3H2,1-2H3/b14-12+,17-13+. The van der Waals surface area contributed by atoms with Crippen molar-refractivity contribution in [1.29, 1.82) is 0 Å². The summed E-state index contributed by atoms with van der Waals surface area (Å²) in [6.07, 6.45) is 3.96. The molecule has 0 aliphatic carbocycles. The zero-order valence-corrected chi connectivity index (χ0v) is 16.3. The molecular weight excluding hydrogens is 392 g/mol. The van der Waals surface area contributed by atoms with Crippen LogP contribution in [0, 0.1) is 10.1 Å². The van der Waals surface area contributed by atoms with Gasteiger partial charge in [-0.2, -0.15) is 0 Å². The minimum atomic E-state index is -0.762. The molecule has 1 aromatic heterocycles. The molecular formula is C20H20N4O6. The van der Waals surface area contributed by atoms with Gasteiger partial charge in [0.25, 0.3) is 5.69 Å². The van der Waals surface area contributed by atoms with E-state index < -0.39 is 16.9 Å². The van der Waals surface area contributed by atoms with Gasteiger partial charge in [-0.25, -0.2) is 9.59 Å². The number of nitro groups is 1. The average molecular weight is 412 g/mol. The van der Waals surface area contributed by atoms with E-state index >= 15 is 0 Å². The highest BCUT2D eigenvalue weighted by atomic mass is 16.6. The van der Waals surface area contributed by atoms with Crippen LogP contribution in [-0.4, -0.2) is 35.6 Å². The van der Waals surface area contributed by atoms with E-state index in [0.717, 1.165) is 0 Å². The number of hydrogen-bond acceptors (Lipinski definition) is 9. The monoisotopic (exact) mass is 412 g/mol. The molecule has 2 rings (SSSR count). The summed E-state index contributed by atoms with van der Waals surface area (Å²) in [4.78, 5) is 39.1. The Bertz CT molecular complexity index is 972. The molecule has 0 radical (unpaired) electrons. The van der Waals surface area contributed by atoms with Gasteiger partial charge in [-0.05, 0) is 25.1 Å². The Kier molecular flexibility index (Phi) is 8.06. The Hall–Kier alpha value is -4.21. The lowest BCUT2D eigenvalue weighted by molar-refractivity contribution is -0.383. The number of anilines is 1. The molecule has 0 fully saturated rings. The van der Waals surface area contributed by atoms with Crippen LogP contribution in [-0.2, 0) is 19.1 Å². The maximum absolute atomic E-state index is 12.3. The number of carbonyl (C=O) groups excluding carboxylic acids is 2. The van der Waals surface area contributed by atoms with E-state index in [0.29, 0.717) is 5.69 Å². The minimum absolute atomic E-state index is 0.0814. The van der Waals surface area contributed by atoms with E-state index in [4.69, 9.17) is 9.47 Å². The number of para-hydroxylation sites is 2. The third-order valence-electron chi connectivity index (χ3n) is 3.69. The lowest BCUT2D eigenvalue weighted by atomic mass is 10.2. The number of rotatable bonds is 9. The van der Waals surface area contributed by atoms with Crippen LogP contribution in [0.5, 0.6) is 0 Å². The molecule has 0 aliphatic rings. The Labute approximate surface area is 172 Å². The van der Waals surface area contributed by atoms with Crippen molar-refractivity contribution in [2.45, 2.75) is 6.92 Å². The molecule has 156 valence electrons. The van der Waals surface area contributed by atoms with E-state index in [2.05, 4.69) is 15.6 Å². The fourth-order valence-electron chi connectivity index (χ4n) is 2.29. The minimum Gasteiger partial charge on any atom is -0.464 e. The number of methoxy groups -OCH3 is 1. The first kappa shape index (κ1) is 22.1. The summed E-state index contributed by atoms with van der Waals surface area (Å²) in [5.41, 5.74) is 0.310. The first-order chi connectivity index (χ1) is 14.5.